The lowest BCUT2D eigenvalue weighted by Crippen LogP contribution is -1.96. The third kappa shape index (κ3) is 3.31. The van der Waals surface area contributed by atoms with E-state index in [4.69, 9.17) is 9.15 Å². The zero-order valence-corrected chi connectivity index (χ0v) is 12.5. The molecule has 1 heterocycles. The Morgan fingerprint density at radius 2 is 1.95 bits per heavy atom. The maximum absolute atomic E-state index is 13.0. The first-order valence-corrected chi connectivity index (χ1v) is 7.09. The Morgan fingerprint density at radius 1 is 1.14 bits per heavy atom. The monoisotopic (exact) mass is 347 g/mol. The van der Waals surface area contributed by atoms with Crippen LogP contribution in [-0.4, -0.2) is 4.98 Å². The number of aromatic nitrogens is 1. The molecular weight excluding hydrogens is 337 g/mol. The van der Waals surface area contributed by atoms with Gasteiger partial charge in [-0.2, -0.15) is 0 Å². The van der Waals surface area contributed by atoms with Gasteiger partial charge >= 0.3 is 0 Å². The van der Waals surface area contributed by atoms with Crippen LogP contribution in [-0.2, 0) is 6.61 Å². The van der Waals surface area contributed by atoms with Gasteiger partial charge in [-0.3, -0.25) is 0 Å². The number of oxazole rings is 1. The quantitative estimate of drug-likeness (QED) is 0.678. The van der Waals surface area contributed by atoms with E-state index in [1.54, 1.807) is 12.3 Å². The first kappa shape index (κ1) is 13.8. The molecule has 5 heteroatoms. The number of hydrogen-bond donors (Lipinski definition) is 0. The van der Waals surface area contributed by atoms with Crippen LogP contribution in [0.3, 0.4) is 0 Å². The van der Waals surface area contributed by atoms with E-state index in [9.17, 15) is 4.39 Å². The van der Waals surface area contributed by atoms with Crippen LogP contribution in [0.25, 0.3) is 11.3 Å². The van der Waals surface area contributed by atoms with E-state index in [0.29, 0.717) is 21.9 Å². The lowest BCUT2D eigenvalue weighted by Gasteiger charge is -2.05. The van der Waals surface area contributed by atoms with Crippen LogP contribution in [0.5, 0.6) is 5.75 Å². The molecule has 106 valence electrons. The van der Waals surface area contributed by atoms with Crippen molar-refractivity contribution in [2.45, 2.75) is 6.61 Å². The van der Waals surface area contributed by atoms with Crippen LogP contribution in [0.15, 0.2) is 63.6 Å². The third-order valence-electron chi connectivity index (χ3n) is 2.86. The molecule has 0 aliphatic rings. The van der Waals surface area contributed by atoms with Gasteiger partial charge in [-0.15, -0.1) is 0 Å². The molecule has 0 amide bonds. The van der Waals surface area contributed by atoms with Crippen molar-refractivity contribution < 1.29 is 13.5 Å². The standard InChI is InChI=1S/C16H11BrFNO2/c17-13-8-12(18)6-7-14(13)20-10-16-19-9-15(21-16)11-4-2-1-3-5-11/h1-9H,10H2. The molecule has 0 N–H and O–H groups in total. The molecule has 21 heavy (non-hydrogen) atoms. The van der Waals surface area contributed by atoms with Crippen molar-refractivity contribution in [2.24, 2.45) is 0 Å². The summed E-state index contributed by atoms with van der Waals surface area (Å²) in [4.78, 5) is 4.17. The average Bonchev–Trinajstić information content (AvgIpc) is 2.96. The number of rotatable bonds is 4. The molecule has 0 saturated heterocycles. The molecule has 0 aliphatic carbocycles. The molecule has 0 spiro atoms. The van der Waals surface area contributed by atoms with Gasteiger partial charge in [-0.05, 0) is 34.1 Å². The Hall–Kier alpha value is -2.14. The van der Waals surface area contributed by atoms with Crippen molar-refractivity contribution in [2.75, 3.05) is 0 Å². The minimum atomic E-state index is -0.322. The lowest BCUT2D eigenvalue weighted by atomic mass is 10.2. The molecule has 3 rings (SSSR count). The van der Waals surface area contributed by atoms with E-state index in [2.05, 4.69) is 20.9 Å². The van der Waals surface area contributed by atoms with Crippen LogP contribution >= 0.6 is 15.9 Å². The van der Waals surface area contributed by atoms with Crippen LogP contribution in [0, 0.1) is 5.82 Å². The van der Waals surface area contributed by atoms with Crippen molar-refractivity contribution in [3.63, 3.8) is 0 Å². The number of nitrogens with zero attached hydrogens (tertiary/aromatic N) is 1. The van der Waals surface area contributed by atoms with Crippen molar-refractivity contribution >= 4 is 15.9 Å². The SMILES string of the molecule is Fc1ccc(OCc2ncc(-c3ccccc3)o2)c(Br)c1. The van der Waals surface area contributed by atoms with Gasteiger partial charge in [-0.1, -0.05) is 30.3 Å². The molecule has 3 aromatic rings. The average molecular weight is 348 g/mol. The van der Waals surface area contributed by atoms with E-state index in [1.165, 1.54) is 12.1 Å². The largest absolute Gasteiger partial charge is 0.483 e. The van der Waals surface area contributed by atoms with E-state index in [0.717, 1.165) is 5.56 Å². The topological polar surface area (TPSA) is 35.3 Å². The summed E-state index contributed by atoms with van der Waals surface area (Å²) in [6.45, 7) is 0.178. The minimum absolute atomic E-state index is 0.178. The molecule has 0 aliphatic heterocycles. The highest BCUT2D eigenvalue weighted by atomic mass is 79.9. The molecule has 0 atom stereocenters. The summed E-state index contributed by atoms with van der Waals surface area (Å²) in [6.07, 6.45) is 1.66. The summed E-state index contributed by atoms with van der Waals surface area (Å²) in [5.74, 6) is 1.37. The number of halogens is 2. The normalized spacial score (nSPS) is 10.6. The second kappa shape index (κ2) is 6.10. The maximum Gasteiger partial charge on any atom is 0.232 e. The number of ether oxygens (including phenoxy) is 1. The Morgan fingerprint density at radius 3 is 2.71 bits per heavy atom. The molecule has 0 unspecified atom stereocenters. The summed E-state index contributed by atoms with van der Waals surface area (Å²) < 4.78 is 24.7. The van der Waals surface area contributed by atoms with Gasteiger partial charge in [-0.25, -0.2) is 9.37 Å². The van der Waals surface area contributed by atoms with Gasteiger partial charge < -0.3 is 9.15 Å². The Labute approximate surface area is 129 Å². The smallest absolute Gasteiger partial charge is 0.232 e. The van der Waals surface area contributed by atoms with Gasteiger partial charge in [0.25, 0.3) is 0 Å². The minimum Gasteiger partial charge on any atom is -0.483 e. The van der Waals surface area contributed by atoms with E-state index >= 15 is 0 Å². The lowest BCUT2D eigenvalue weighted by molar-refractivity contribution is 0.263. The van der Waals surface area contributed by atoms with E-state index in [-0.39, 0.29) is 12.4 Å². The third-order valence-corrected chi connectivity index (χ3v) is 3.48. The van der Waals surface area contributed by atoms with Gasteiger partial charge in [0.05, 0.1) is 10.7 Å². The summed E-state index contributed by atoms with van der Waals surface area (Å²) >= 11 is 3.25. The van der Waals surface area contributed by atoms with Gasteiger partial charge in [0.15, 0.2) is 12.4 Å². The fraction of sp³-hybridized carbons (Fsp3) is 0.0625. The fourth-order valence-electron chi connectivity index (χ4n) is 1.84. The highest BCUT2D eigenvalue weighted by molar-refractivity contribution is 9.10. The molecule has 0 bridgehead atoms. The number of benzene rings is 2. The summed E-state index contributed by atoms with van der Waals surface area (Å²) in [5, 5.41) is 0. The van der Waals surface area contributed by atoms with Crippen LogP contribution in [0.4, 0.5) is 4.39 Å². The summed E-state index contributed by atoms with van der Waals surface area (Å²) in [6, 6.07) is 13.9. The van der Waals surface area contributed by atoms with E-state index < -0.39 is 0 Å². The zero-order valence-electron chi connectivity index (χ0n) is 10.9. The molecule has 0 radical (unpaired) electrons. The van der Waals surface area contributed by atoms with Crippen molar-refractivity contribution in [3.8, 4) is 17.1 Å². The second-order valence-corrected chi connectivity index (χ2v) is 5.20. The van der Waals surface area contributed by atoms with Gasteiger partial charge in [0.2, 0.25) is 5.89 Å². The van der Waals surface area contributed by atoms with Gasteiger partial charge in [0, 0.05) is 5.56 Å². The van der Waals surface area contributed by atoms with Crippen LogP contribution in [0.1, 0.15) is 5.89 Å². The van der Waals surface area contributed by atoms with Crippen molar-refractivity contribution in [3.05, 3.63) is 70.9 Å². The zero-order chi connectivity index (χ0) is 14.7. The molecule has 2 aromatic carbocycles. The molecule has 1 aromatic heterocycles. The summed E-state index contributed by atoms with van der Waals surface area (Å²) in [7, 11) is 0. The Bertz CT molecular complexity index is 743. The highest BCUT2D eigenvalue weighted by Crippen LogP contribution is 2.27. The van der Waals surface area contributed by atoms with Crippen LogP contribution in [0.2, 0.25) is 0 Å². The first-order valence-electron chi connectivity index (χ1n) is 6.30. The van der Waals surface area contributed by atoms with Crippen molar-refractivity contribution in [1.82, 2.24) is 4.98 Å². The molecular formula is C16H11BrFNO2. The molecule has 0 saturated carbocycles. The predicted molar refractivity (Wildman–Crippen MR) is 80.4 cm³/mol. The maximum atomic E-state index is 13.0. The van der Waals surface area contributed by atoms with E-state index in [1.807, 2.05) is 30.3 Å². The first-order chi connectivity index (χ1) is 10.2. The highest BCUT2D eigenvalue weighted by Gasteiger charge is 2.08. The number of hydrogen-bond acceptors (Lipinski definition) is 3. The van der Waals surface area contributed by atoms with Crippen LogP contribution < -0.4 is 4.74 Å². The second-order valence-electron chi connectivity index (χ2n) is 4.35. The van der Waals surface area contributed by atoms with Crippen molar-refractivity contribution in [1.29, 1.82) is 0 Å². The molecule has 3 nitrogen and oxygen atoms in total. The molecule has 0 fully saturated rings. The summed E-state index contributed by atoms with van der Waals surface area (Å²) in [5.41, 5.74) is 0.958. The fourth-order valence-corrected chi connectivity index (χ4v) is 2.31. The van der Waals surface area contributed by atoms with Gasteiger partial charge in [0.1, 0.15) is 11.6 Å². The Kier molecular flexibility index (Phi) is 4.01. The Balaban J connectivity index is 1.70. The predicted octanol–water partition coefficient (Wildman–Crippen LogP) is 4.82.